The minimum absolute atomic E-state index is 0.0324. The lowest BCUT2D eigenvalue weighted by Crippen LogP contribution is -1.91. The molecule has 1 aromatic rings. The molecule has 0 N–H and O–H groups in total. The van der Waals surface area contributed by atoms with E-state index in [0.717, 1.165) is 12.3 Å². The highest BCUT2D eigenvalue weighted by atomic mass is 35.5. The summed E-state index contributed by atoms with van der Waals surface area (Å²) in [5.74, 6) is 4.43. The smallest absolute Gasteiger partial charge is 0.288 e. The van der Waals surface area contributed by atoms with Crippen molar-refractivity contribution in [1.29, 1.82) is 0 Å². The Hall–Kier alpha value is -1.93. The molecule has 0 aromatic carbocycles. The van der Waals surface area contributed by atoms with Crippen molar-refractivity contribution in [3.63, 3.8) is 0 Å². The monoisotopic (exact) mass is 210 g/mol. The normalized spacial score (nSPS) is 8.64. The van der Waals surface area contributed by atoms with Crippen LogP contribution in [-0.4, -0.2) is 16.2 Å². The summed E-state index contributed by atoms with van der Waals surface area (Å²) in [5.41, 5.74) is -0.0578. The molecule has 1 aromatic heterocycles. The van der Waals surface area contributed by atoms with Gasteiger partial charge in [0.1, 0.15) is 11.3 Å². The maximum absolute atomic E-state index is 10.3. The predicted molar refractivity (Wildman–Crippen MR) is 48.8 cm³/mol. The molecule has 0 atom stereocenters. The van der Waals surface area contributed by atoms with Gasteiger partial charge in [-0.2, -0.15) is 0 Å². The van der Waals surface area contributed by atoms with Gasteiger partial charge in [0.15, 0.2) is 6.29 Å². The molecule has 0 saturated heterocycles. The SMILES string of the molecule is O=CC#Cc1cc([N+](=O)[O-])cnc1Cl. The summed E-state index contributed by atoms with van der Waals surface area (Å²) in [4.78, 5) is 23.2. The van der Waals surface area contributed by atoms with Crippen LogP contribution >= 0.6 is 11.6 Å². The number of rotatable bonds is 1. The molecule has 70 valence electrons. The first-order valence-electron chi connectivity index (χ1n) is 3.40. The molecule has 0 saturated carbocycles. The van der Waals surface area contributed by atoms with E-state index in [1.165, 1.54) is 0 Å². The van der Waals surface area contributed by atoms with Crippen molar-refractivity contribution >= 4 is 23.6 Å². The Morgan fingerprint density at radius 3 is 2.93 bits per heavy atom. The first-order valence-corrected chi connectivity index (χ1v) is 3.78. The van der Waals surface area contributed by atoms with Crippen LogP contribution in [-0.2, 0) is 4.79 Å². The van der Waals surface area contributed by atoms with Gasteiger partial charge >= 0.3 is 0 Å². The summed E-state index contributed by atoms with van der Waals surface area (Å²) in [7, 11) is 0. The summed E-state index contributed by atoms with van der Waals surface area (Å²) in [5, 5.41) is 10.4. The molecule has 0 bridgehead atoms. The Morgan fingerprint density at radius 2 is 2.36 bits per heavy atom. The van der Waals surface area contributed by atoms with E-state index in [-0.39, 0.29) is 16.4 Å². The van der Waals surface area contributed by atoms with Crippen LogP contribution in [0.25, 0.3) is 0 Å². The zero-order valence-corrected chi connectivity index (χ0v) is 7.49. The fraction of sp³-hybridized carbons (Fsp3) is 0. The number of carbonyl (C=O) groups excluding carboxylic acids is 1. The van der Waals surface area contributed by atoms with E-state index in [4.69, 9.17) is 11.6 Å². The van der Waals surface area contributed by atoms with Crippen molar-refractivity contribution in [1.82, 2.24) is 4.98 Å². The topological polar surface area (TPSA) is 73.1 Å². The molecule has 1 heterocycles. The number of carbonyl (C=O) groups is 1. The van der Waals surface area contributed by atoms with Gasteiger partial charge in [-0.15, -0.1) is 0 Å². The van der Waals surface area contributed by atoms with Crippen LogP contribution in [0.15, 0.2) is 12.3 Å². The van der Waals surface area contributed by atoms with Crippen molar-refractivity contribution in [2.24, 2.45) is 0 Å². The lowest BCUT2D eigenvalue weighted by atomic mass is 10.2. The van der Waals surface area contributed by atoms with Gasteiger partial charge in [0.05, 0.1) is 10.5 Å². The van der Waals surface area contributed by atoms with Gasteiger partial charge in [-0.1, -0.05) is 17.5 Å². The first-order chi connectivity index (χ1) is 6.65. The van der Waals surface area contributed by atoms with E-state index < -0.39 is 4.92 Å². The van der Waals surface area contributed by atoms with Crippen LogP contribution in [0.1, 0.15) is 5.56 Å². The number of nitrogens with zero attached hydrogens (tertiary/aromatic N) is 2. The molecular weight excluding hydrogens is 208 g/mol. The van der Waals surface area contributed by atoms with Gasteiger partial charge in [-0.3, -0.25) is 14.9 Å². The van der Waals surface area contributed by atoms with Crippen molar-refractivity contribution < 1.29 is 9.72 Å². The third-order valence-corrected chi connectivity index (χ3v) is 1.60. The zero-order chi connectivity index (χ0) is 10.6. The second-order valence-electron chi connectivity index (χ2n) is 2.18. The van der Waals surface area contributed by atoms with Crippen LogP contribution in [0.3, 0.4) is 0 Å². The quantitative estimate of drug-likeness (QED) is 0.229. The molecule has 0 radical (unpaired) electrons. The van der Waals surface area contributed by atoms with E-state index >= 15 is 0 Å². The molecule has 0 amide bonds. The maximum atomic E-state index is 10.3. The minimum atomic E-state index is -0.616. The van der Waals surface area contributed by atoms with E-state index in [0.29, 0.717) is 6.29 Å². The third kappa shape index (κ3) is 2.28. The zero-order valence-electron chi connectivity index (χ0n) is 6.73. The summed E-state index contributed by atoms with van der Waals surface area (Å²) in [6.45, 7) is 0. The Morgan fingerprint density at radius 1 is 1.64 bits per heavy atom. The average molecular weight is 211 g/mol. The maximum Gasteiger partial charge on any atom is 0.288 e. The van der Waals surface area contributed by atoms with Crippen LogP contribution in [0, 0.1) is 22.0 Å². The van der Waals surface area contributed by atoms with Crippen LogP contribution in [0.4, 0.5) is 5.69 Å². The molecule has 5 nitrogen and oxygen atoms in total. The van der Waals surface area contributed by atoms with Crippen LogP contribution < -0.4 is 0 Å². The summed E-state index contributed by atoms with van der Waals surface area (Å²) in [6.07, 6.45) is 1.39. The highest BCUT2D eigenvalue weighted by Crippen LogP contribution is 2.17. The van der Waals surface area contributed by atoms with Crippen LogP contribution in [0.5, 0.6) is 0 Å². The highest BCUT2D eigenvalue weighted by Gasteiger charge is 2.09. The van der Waals surface area contributed by atoms with Crippen molar-refractivity contribution in [3.05, 3.63) is 33.1 Å². The molecule has 0 aliphatic carbocycles. The number of halogens is 1. The number of nitro groups is 1. The van der Waals surface area contributed by atoms with Crippen molar-refractivity contribution in [2.45, 2.75) is 0 Å². The molecule has 0 aliphatic heterocycles. The lowest BCUT2D eigenvalue weighted by Gasteiger charge is -1.94. The Labute approximate surface area is 83.9 Å². The van der Waals surface area contributed by atoms with Gasteiger partial charge in [-0.05, 0) is 5.92 Å². The summed E-state index contributed by atoms with van der Waals surface area (Å²) in [6, 6.07) is 1.16. The molecule has 0 spiro atoms. The number of hydrogen-bond acceptors (Lipinski definition) is 4. The Kier molecular flexibility index (Phi) is 3.15. The summed E-state index contributed by atoms with van der Waals surface area (Å²) < 4.78 is 0. The van der Waals surface area contributed by atoms with Crippen LogP contribution in [0.2, 0.25) is 5.15 Å². The molecular formula is C8H3ClN2O3. The van der Waals surface area contributed by atoms with Gasteiger partial charge in [0, 0.05) is 6.07 Å². The second kappa shape index (κ2) is 4.35. The van der Waals surface area contributed by atoms with E-state index in [2.05, 4.69) is 16.8 Å². The molecule has 14 heavy (non-hydrogen) atoms. The van der Waals surface area contributed by atoms with Gasteiger partial charge in [-0.25, -0.2) is 4.98 Å². The highest BCUT2D eigenvalue weighted by molar-refractivity contribution is 6.30. The molecule has 0 fully saturated rings. The number of aldehydes is 1. The van der Waals surface area contributed by atoms with E-state index in [1.54, 1.807) is 0 Å². The van der Waals surface area contributed by atoms with Crippen molar-refractivity contribution in [3.8, 4) is 11.8 Å². The third-order valence-electron chi connectivity index (χ3n) is 1.30. The Balaban J connectivity index is 3.21. The average Bonchev–Trinajstić information content (AvgIpc) is 2.16. The number of hydrogen-bond donors (Lipinski definition) is 0. The molecule has 0 aliphatic rings. The van der Waals surface area contributed by atoms with E-state index in [1.807, 2.05) is 0 Å². The Bertz CT molecular complexity index is 448. The van der Waals surface area contributed by atoms with Gasteiger partial charge in [0.2, 0.25) is 0 Å². The number of aromatic nitrogens is 1. The molecule has 1 rings (SSSR count). The minimum Gasteiger partial charge on any atom is -0.289 e. The van der Waals surface area contributed by atoms with E-state index in [9.17, 15) is 14.9 Å². The second-order valence-corrected chi connectivity index (χ2v) is 2.53. The lowest BCUT2D eigenvalue weighted by molar-refractivity contribution is -0.385. The summed E-state index contributed by atoms with van der Waals surface area (Å²) >= 11 is 5.58. The fourth-order valence-electron chi connectivity index (χ4n) is 0.732. The first kappa shape index (κ1) is 10.2. The number of pyridine rings is 1. The fourth-order valence-corrected chi connectivity index (χ4v) is 0.882. The molecule has 6 heteroatoms. The largest absolute Gasteiger partial charge is 0.289 e. The van der Waals surface area contributed by atoms with Crippen molar-refractivity contribution in [2.75, 3.05) is 0 Å². The predicted octanol–water partition coefficient (Wildman–Crippen LogP) is 1.19. The standard InChI is InChI=1S/C8H3ClN2O3/c9-8-6(2-1-3-12)4-7(5-10-8)11(13)14/h3-5H. The molecule has 0 unspecified atom stereocenters. The van der Waals surface area contributed by atoms with Gasteiger partial charge < -0.3 is 0 Å². The van der Waals surface area contributed by atoms with Gasteiger partial charge in [0.25, 0.3) is 5.69 Å².